The maximum Gasteiger partial charge on any atom is 0.252 e. The zero-order valence-corrected chi connectivity index (χ0v) is 10.2. The summed E-state index contributed by atoms with van der Waals surface area (Å²) in [5.74, 6) is -0.0737. The molecule has 0 bridgehead atoms. The molecule has 1 N–H and O–H groups in total. The fraction of sp³-hybridized carbons (Fsp3) is 0.300. The van der Waals surface area contributed by atoms with Gasteiger partial charge in [-0.05, 0) is 40.5 Å². The van der Waals surface area contributed by atoms with E-state index in [9.17, 15) is 4.79 Å². The van der Waals surface area contributed by atoms with Gasteiger partial charge in [0.05, 0.1) is 5.56 Å². The smallest absolute Gasteiger partial charge is 0.252 e. The maximum atomic E-state index is 11.6. The number of hydrogen-bond donors (Lipinski definition) is 1. The number of hydrogen-bond acceptors (Lipinski definition) is 1. The molecule has 0 aliphatic heterocycles. The summed E-state index contributed by atoms with van der Waals surface area (Å²) in [6.07, 6.45) is 0.928. The van der Waals surface area contributed by atoms with E-state index in [0.29, 0.717) is 17.1 Å². The van der Waals surface area contributed by atoms with Crippen molar-refractivity contribution in [3.05, 3.63) is 33.3 Å². The van der Waals surface area contributed by atoms with Crippen LogP contribution in [0.5, 0.6) is 0 Å². The molecule has 1 amide bonds. The van der Waals surface area contributed by atoms with E-state index in [-0.39, 0.29) is 5.91 Å². The lowest BCUT2D eigenvalue weighted by Crippen LogP contribution is -2.24. The van der Waals surface area contributed by atoms with Gasteiger partial charge >= 0.3 is 0 Å². The molecule has 76 valence electrons. The second kappa shape index (κ2) is 5.37. The van der Waals surface area contributed by atoms with Crippen LogP contribution in [0.2, 0.25) is 5.02 Å². The van der Waals surface area contributed by atoms with Crippen LogP contribution in [-0.4, -0.2) is 12.5 Å². The number of carbonyl (C=O) groups excluding carboxylic acids is 1. The third-order valence-corrected chi connectivity index (χ3v) is 2.60. The van der Waals surface area contributed by atoms with Crippen molar-refractivity contribution in [1.29, 1.82) is 0 Å². The van der Waals surface area contributed by atoms with E-state index in [0.717, 1.165) is 10.9 Å². The average Bonchev–Trinajstić information content (AvgIpc) is 2.14. The van der Waals surface area contributed by atoms with Crippen LogP contribution in [0.15, 0.2) is 22.7 Å². The van der Waals surface area contributed by atoms with Gasteiger partial charge in [-0.1, -0.05) is 18.5 Å². The Morgan fingerprint density at radius 3 is 2.86 bits per heavy atom. The SMILES string of the molecule is CCCNC(=O)c1ccc(Cl)cc1Br. The standard InChI is InChI=1S/C10H11BrClNO/c1-2-5-13-10(14)8-4-3-7(12)6-9(8)11/h3-4,6H,2,5H2,1H3,(H,13,14). The van der Waals surface area contributed by atoms with Crippen LogP contribution in [-0.2, 0) is 0 Å². The summed E-state index contributed by atoms with van der Waals surface area (Å²) < 4.78 is 0.721. The van der Waals surface area contributed by atoms with Crippen LogP contribution in [0.25, 0.3) is 0 Å². The quantitative estimate of drug-likeness (QED) is 0.902. The summed E-state index contributed by atoms with van der Waals surface area (Å²) in [5, 5.41) is 3.41. The highest BCUT2D eigenvalue weighted by Gasteiger charge is 2.08. The summed E-state index contributed by atoms with van der Waals surface area (Å²) >= 11 is 9.06. The van der Waals surface area contributed by atoms with Crippen LogP contribution >= 0.6 is 27.5 Å². The molecule has 0 fully saturated rings. The van der Waals surface area contributed by atoms with Gasteiger partial charge in [-0.2, -0.15) is 0 Å². The highest BCUT2D eigenvalue weighted by Crippen LogP contribution is 2.21. The Balaban J connectivity index is 2.80. The van der Waals surface area contributed by atoms with Gasteiger partial charge in [-0.25, -0.2) is 0 Å². The van der Waals surface area contributed by atoms with E-state index in [1.54, 1.807) is 18.2 Å². The Kier molecular flexibility index (Phi) is 4.42. The summed E-state index contributed by atoms with van der Waals surface area (Å²) in [4.78, 5) is 11.6. The molecular formula is C10H11BrClNO. The van der Waals surface area contributed by atoms with Gasteiger partial charge in [-0.3, -0.25) is 4.79 Å². The van der Waals surface area contributed by atoms with Crippen LogP contribution < -0.4 is 5.32 Å². The molecule has 2 nitrogen and oxygen atoms in total. The lowest BCUT2D eigenvalue weighted by Gasteiger charge is -2.05. The van der Waals surface area contributed by atoms with Gasteiger partial charge in [0.2, 0.25) is 0 Å². The first kappa shape index (κ1) is 11.5. The van der Waals surface area contributed by atoms with E-state index < -0.39 is 0 Å². The predicted molar refractivity (Wildman–Crippen MR) is 61.8 cm³/mol. The number of nitrogens with one attached hydrogen (secondary N) is 1. The second-order valence-electron chi connectivity index (χ2n) is 2.88. The van der Waals surface area contributed by atoms with Crippen LogP contribution in [0, 0.1) is 0 Å². The van der Waals surface area contributed by atoms with Crippen molar-refractivity contribution in [2.45, 2.75) is 13.3 Å². The molecule has 0 spiro atoms. The van der Waals surface area contributed by atoms with Crippen molar-refractivity contribution in [3.8, 4) is 0 Å². The molecule has 4 heteroatoms. The fourth-order valence-corrected chi connectivity index (χ4v) is 1.87. The third-order valence-electron chi connectivity index (χ3n) is 1.71. The monoisotopic (exact) mass is 275 g/mol. The normalized spacial score (nSPS) is 9.93. The van der Waals surface area contributed by atoms with E-state index >= 15 is 0 Å². The van der Waals surface area contributed by atoms with Gasteiger partial charge in [0.25, 0.3) is 5.91 Å². The first-order valence-electron chi connectivity index (χ1n) is 4.38. The van der Waals surface area contributed by atoms with Gasteiger partial charge in [0, 0.05) is 16.0 Å². The van der Waals surface area contributed by atoms with E-state index in [2.05, 4.69) is 21.2 Å². The highest BCUT2D eigenvalue weighted by atomic mass is 79.9. The Hall–Kier alpha value is -0.540. The number of amides is 1. The van der Waals surface area contributed by atoms with E-state index in [1.165, 1.54) is 0 Å². The Bertz CT molecular complexity index is 341. The van der Waals surface area contributed by atoms with Crippen molar-refractivity contribution >= 4 is 33.4 Å². The van der Waals surface area contributed by atoms with Crippen LogP contribution in [0.1, 0.15) is 23.7 Å². The average molecular weight is 277 g/mol. The molecule has 0 atom stereocenters. The molecule has 1 rings (SSSR count). The zero-order chi connectivity index (χ0) is 10.6. The Labute approximate surface area is 96.8 Å². The molecule has 0 saturated carbocycles. The molecular weight excluding hydrogens is 265 g/mol. The lowest BCUT2D eigenvalue weighted by atomic mass is 10.2. The summed E-state index contributed by atoms with van der Waals surface area (Å²) in [6.45, 7) is 2.70. The topological polar surface area (TPSA) is 29.1 Å². The number of rotatable bonds is 3. The first-order valence-corrected chi connectivity index (χ1v) is 5.55. The van der Waals surface area contributed by atoms with Crippen molar-refractivity contribution in [3.63, 3.8) is 0 Å². The molecule has 14 heavy (non-hydrogen) atoms. The molecule has 0 aliphatic carbocycles. The minimum Gasteiger partial charge on any atom is -0.352 e. The zero-order valence-electron chi connectivity index (χ0n) is 7.81. The van der Waals surface area contributed by atoms with Crippen molar-refractivity contribution in [2.24, 2.45) is 0 Å². The van der Waals surface area contributed by atoms with Crippen molar-refractivity contribution in [2.75, 3.05) is 6.54 Å². The van der Waals surface area contributed by atoms with Gasteiger partial charge < -0.3 is 5.32 Å². The molecule has 0 radical (unpaired) electrons. The van der Waals surface area contributed by atoms with Crippen molar-refractivity contribution in [1.82, 2.24) is 5.32 Å². The first-order chi connectivity index (χ1) is 6.65. The molecule has 1 aromatic carbocycles. The summed E-state index contributed by atoms with van der Waals surface area (Å²) in [6, 6.07) is 5.12. The van der Waals surface area contributed by atoms with Crippen LogP contribution in [0.3, 0.4) is 0 Å². The summed E-state index contributed by atoms with van der Waals surface area (Å²) in [5.41, 5.74) is 0.614. The van der Waals surface area contributed by atoms with Gasteiger partial charge in [0.1, 0.15) is 0 Å². The summed E-state index contributed by atoms with van der Waals surface area (Å²) in [7, 11) is 0. The Morgan fingerprint density at radius 2 is 2.29 bits per heavy atom. The Morgan fingerprint density at radius 1 is 1.57 bits per heavy atom. The molecule has 0 aliphatic rings. The maximum absolute atomic E-state index is 11.6. The van der Waals surface area contributed by atoms with E-state index in [4.69, 9.17) is 11.6 Å². The largest absolute Gasteiger partial charge is 0.352 e. The van der Waals surface area contributed by atoms with Crippen LogP contribution in [0.4, 0.5) is 0 Å². The van der Waals surface area contributed by atoms with Gasteiger partial charge in [-0.15, -0.1) is 0 Å². The number of benzene rings is 1. The lowest BCUT2D eigenvalue weighted by molar-refractivity contribution is 0.0953. The van der Waals surface area contributed by atoms with E-state index in [1.807, 2.05) is 6.92 Å². The highest BCUT2D eigenvalue weighted by molar-refractivity contribution is 9.10. The minimum atomic E-state index is -0.0737. The molecule has 0 saturated heterocycles. The molecule has 1 aromatic rings. The minimum absolute atomic E-state index is 0.0737. The number of halogens is 2. The number of carbonyl (C=O) groups is 1. The fourth-order valence-electron chi connectivity index (χ4n) is 1.01. The predicted octanol–water partition coefficient (Wildman–Crippen LogP) is 3.24. The second-order valence-corrected chi connectivity index (χ2v) is 4.17. The molecule has 0 heterocycles. The third kappa shape index (κ3) is 3.00. The van der Waals surface area contributed by atoms with Gasteiger partial charge in [0.15, 0.2) is 0 Å². The molecule has 0 unspecified atom stereocenters. The molecule has 0 aromatic heterocycles. The van der Waals surface area contributed by atoms with Crippen molar-refractivity contribution < 1.29 is 4.79 Å².